The van der Waals surface area contributed by atoms with Crippen LogP contribution in [0.3, 0.4) is 0 Å². The highest BCUT2D eigenvalue weighted by Gasteiger charge is 2.18. The fraction of sp³-hybridized carbons (Fsp3) is 0.647. The molecule has 1 N–H and O–H groups in total. The van der Waals surface area contributed by atoms with Crippen molar-refractivity contribution < 1.29 is 28.8 Å². The first kappa shape index (κ1) is 23.7. The highest BCUT2D eigenvalue weighted by Crippen LogP contribution is 2.28. The van der Waals surface area contributed by atoms with Crippen LogP contribution >= 0.6 is 0 Å². The number of anilines is 1. The van der Waals surface area contributed by atoms with Gasteiger partial charge in [-0.3, -0.25) is 20.2 Å². The molecule has 1 aromatic carbocycles. The standard InChI is InChI=1S/C17H27N3O8/c1-14(2)28-12-11-27-10-9-26-8-7-25-6-5-18-16-4-3-15(19(21)22)13-17(16)20(23)24/h3-4,13-14,18H,5-12H2,1-2H3. The van der Waals surface area contributed by atoms with E-state index in [4.69, 9.17) is 18.9 Å². The maximum atomic E-state index is 11.0. The molecular formula is C17H27N3O8. The summed E-state index contributed by atoms with van der Waals surface area (Å²) in [6.07, 6.45) is 0.193. The van der Waals surface area contributed by atoms with E-state index in [-0.39, 0.29) is 23.2 Å². The molecule has 0 bridgehead atoms. The van der Waals surface area contributed by atoms with Gasteiger partial charge >= 0.3 is 0 Å². The van der Waals surface area contributed by atoms with Gasteiger partial charge in [-0.1, -0.05) is 0 Å². The second kappa shape index (κ2) is 13.8. The quantitative estimate of drug-likeness (QED) is 0.251. The van der Waals surface area contributed by atoms with Gasteiger partial charge in [0.1, 0.15) is 5.69 Å². The van der Waals surface area contributed by atoms with E-state index < -0.39 is 9.85 Å². The van der Waals surface area contributed by atoms with E-state index in [1.165, 1.54) is 12.1 Å². The highest BCUT2D eigenvalue weighted by molar-refractivity contribution is 5.65. The predicted octanol–water partition coefficient (Wildman–Crippen LogP) is 2.39. The minimum Gasteiger partial charge on any atom is -0.377 e. The summed E-state index contributed by atoms with van der Waals surface area (Å²) in [5, 5.41) is 24.6. The molecule has 0 spiro atoms. The van der Waals surface area contributed by atoms with Crippen LogP contribution < -0.4 is 5.32 Å². The van der Waals surface area contributed by atoms with Crippen molar-refractivity contribution in [2.24, 2.45) is 0 Å². The summed E-state index contributed by atoms with van der Waals surface area (Å²) >= 11 is 0. The van der Waals surface area contributed by atoms with Crippen molar-refractivity contribution in [1.82, 2.24) is 0 Å². The summed E-state index contributed by atoms with van der Waals surface area (Å²) in [5.74, 6) is 0. The number of hydrogen-bond donors (Lipinski definition) is 1. The van der Waals surface area contributed by atoms with Crippen LogP contribution in [0.25, 0.3) is 0 Å². The molecule has 0 fully saturated rings. The van der Waals surface area contributed by atoms with Gasteiger partial charge in [0.15, 0.2) is 0 Å². The Morgan fingerprint density at radius 3 is 2.00 bits per heavy atom. The second-order valence-corrected chi connectivity index (χ2v) is 5.90. The monoisotopic (exact) mass is 401 g/mol. The Balaban J connectivity index is 2.09. The van der Waals surface area contributed by atoms with Crippen LogP contribution in [0, 0.1) is 20.2 Å². The highest BCUT2D eigenvalue weighted by atomic mass is 16.6. The van der Waals surface area contributed by atoms with Crippen LogP contribution in [0.2, 0.25) is 0 Å². The molecule has 0 amide bonds. The third-order valence-corrected chi connectivity index (χ3v) is 3.37. The minimum absolute atomic E-state index is 0.193. The van der Waals surface area contributed by atoms with E-state index in [0.29, 0.717) is 52.8 Å². The number of nitrogens with zero attached hydrogens (tertiary/aromatic N) is 2. The third kappa shape index (κ3) is 10.1. The fourth-order valence-electron chi connectivity index (χ4n) is 2.08. The first-order chi connectivity index (χ1) is 13.4. The molecule has 0 aliphatic heterocycles. The summed E-state index contributed by atoms with van der Waals surface area (Å²) in [6, 6.07) is 3.45. The van der Waals surface area contributed by atoms with Gasteiger partial charge in [0.2, 0.25) is 0 Å². The van der Waals surface area contributed by atoms with Crippen LogP contribution in [-0.2, 0) is 18.9 Å². The lowest BCUT2D eigenvalue weighted by Gasteiger charge is -2.09. The van der Waals surface area contributed by atoms with Gasteiger partial charge in [-0.05, 0) is 19.9 Å². The van der Waals surface area contributed by atoms with Crippen molar-refractivity contribution in [3.05, 3.63) is 38.4 Å². The first-order valence-corrected chi connectivity index (χ1v) is 8.93. The molecule has 0 saturated heterocycles. The largest absolute Gasteiger partial charge is 0.377 e. The Morgan fingerprint density at radius 2 is 1.46 bits per heavy atom. The summed E-state index contributed by atoms with van der Waals surface area (Å²) in [7, 11) is 0. The Morgan fingerprint density at radius 1 is 0.893 bits per heavy atom. The number of nitrogens with one attached hydrogen (secondary N) is 1. The maximum absolute atomic E-state index is 11.0. The lowest BCUT2D eigenvalue weighted by atomic mass is 10.2. The SMILES string of the molecule is CC(C)OCCOCCOCCOCCNc1ccc([N+](=O)[O-])cc1[N+](=O)[O-]. The summed E-state index contributed by atoms with van der Waals surface area (Å²) in [5.41, 5.74) is -0.479. The third-order valence-electron chi connectivity index (χ3n) is 3.37. The molecule has 0 unspecified atom stereocenters. The van der Waals surface area contributed by atoms with Crippen molar-refractivity contribution in [2.45, 2.75) is 20.0 Å². The van der Waals surface area contributed by atoms with Gasteiger partial charge in [-0.2, -0.15) is 0 Å². The van der Waals surface area contributed by atoms with E-state index in [9.17, 15) is 20.2 Å². The minimum atomic E-state index is -0.676. The molecule has 28 heavy (non-hydrogen) atoms. The number of nitro groups is 2. The van der Waals surface area contributed by atoms with E-state index in [1.54, 1.807) is 0 Å². The van der Waals surface area contributed by atoms with Crippen LogP contribution in [0.4, 0.5) is 17.1 Å². The average molecular weight is 401 g/mol. The Hall–Kier alpha value is -2.34. The predicted molar refractivity (Wildman–Crippen MR) is 102 cm³/mol. The molecule has 0 atom stereocenters. The van der Waals surface area contributed by atoms with Crippen LogP contribution in [-0.4, -0.2) is 68.7 Å². The number of hydrogen-bond acceptors (Lipinski definition) is 9. The zero-order valence-electron chi connectivity index (χ0n) is 16.1. The molecule has 11 nitrogen and oxygen atoms in total. The molecule has 11 heteroatoms. The van der Waals surface area contributed by atoms with Crippen LogP contribution in [0.15, 0.2) is 18.2 Å². The smallest absolute Gasteiger partial charge is 0.299 e. The molecule has 158 valence electrons. The summed E-state index contributed by atoms with van der Waals surface area (Å²) < 4.78 is 21.4. The summed E-state index contributed by atoms with van der Waals surface area (Å²) in [4.78, 5) is 20.4. The van der Waals surface area contributed by atoms with E-state index in [0.717, 1.165) is 6.07 Å². The molecule has 0 heterocycles. The van der Waals surface area contributed by atoms with Crippen molar-refractivity contribution in [1.29, 1.82) is 0 Å². The van der Waals surface area contributed by atoms with Crippen molar-refractivity contribution in [2.75, 3.05) is 58.1 Å². The molecule has 1 rings (SSSR count). The Labute approximate surface area is 163 Å². The normalized spacial score (nSPS) is 11.0. The number of rotatable bonds is 16. The van der Waals surface area contributed by atoms with E-state index in [2.05, 4.69) is 5.32 Å². The average Bonchev–Trinajstić information content (AvgIpc) is 2.65. The molecule has 1 aromatic rings. The number of ether oxygens (including phenoxy) is 4. The Kier molecular flexibility index (Phi) is 11.7. The van der Waals surface area contributed by atoms with E-state index in [1.807, 2.05) is 13.8 Å². The molecular weight excluding hydrogens is 374 g/mol. The van der Waals surface area contributed by atoms with Crippen LogP contribution in [0.5, 0.6) is 0 Å². The molecule has 0 radical (unpaired) electrons. The van der Waals surface area contributed by atoms with Gasteiger partial charge in [0.05, 0.1) is 68.3 Å². The van der Waals surface area contributed by atoms with E-state index >= 15 is 0 Å². The topological polar surface area (TPSA) is 135 Å². The summed E-state index contributed by atoms with van der Waals surface area (Å²) in [6.45, 7) is 7.35. The zero-order valence-corrected chi connectivity index (χ0v) is 16.1. The number of non-ortho nitro benzene ring substituents is 1. The van der Waals surface area contributed by atoms with Gasteiger partial charge in [0, 0.05) is 12.6 Å². The van der Waals surface area contributed by atoms with Crippen molar-refractivity contribution in [3.8, 4) is 0 Å². The lowest BCUT2D eigenvalue weighted by Crippen LogP contribution is -2.15. The number of benzene rings is 1. The second-order valence-electron chi connectivity index (χ2n) is 5.90. The van der Waals surface area contributed by atoms with Gasteiger partial charge in [-0.25, -0.2) is 0 Å². The van der Waals surface area contributed by atoms with Crippen LogP contribution in [0.1, 0.15) is 13.8 Å². The fourth-order valence-corrected chi connectivity index (χ4v) is 2.08. The van der Waals surface area contributed by atoms with Crippen molar-refractivity contribution >= 4 is 17.1 Å². The van der Waals surface area contributed by atoms with Gasteiger partial charge in [-0.15, -0.1) is 0 Å². The molecule has 0 aromatic heterocycles. The Bertz CT molecular complexity index is 612. The van der Waals surface area contributed by atoms with Gasteiger partial charge in [0.25, 0.3) is 11.4 Å². The lowest BCUT2D eigenvalue weighted by molar-refractivity contribution is -0.393. The zero-order chi connectivity index (χ0) is 20.8. The molecule has 0 saturated carbocycles. The molecule has 0 aliphatic rings. The molecule has 0 aliphatic carbocycles. The van der Waals surface area contributed by atoms with Crippen molar-refractivity contribution in [3.63, 3.8) is 0 Å². The maximum Gasteiger partial charge on any atom is 0.299 e. The van der Waals surface area contributed by atoms with Gasteiger partial charge < -0.3 is 24.3 Å². The first-order valence-electron chi connectivity index (χ1n) is 8.93. The number of nitro benzene ring substituents is 2.